The molecule has 0 spiro atoms. The van der Waals surface area contributed by atoms with Crippen molar-refractivity contribution >= 4 is 15.1 Å². The second kappa shape index (κ2) is 9.24. The van der Waals surface area contributed by atoms with Crippen LogP contribution in [0.25, 0.3) is 11.6 Å². The van der Waals surface area contributed by atoms with Gasteiger partial charge in [0.1, 0.15) is 11.4 Å². The molecule has 5 heterocycles. The van der Waals surface area contributed by atoms with E-state index in [1.807, 2.05) is 34.4 Å². The maximum atomic E-state index is 14.5. The summed E-state index contributed by atoms with van der Waals surface area (Å²) in [5.74, 6) is 4.06. The van der Waals surface area contributed by atoms with Crippen molar-refractivity contribution in [2.24, 2.45) is 12.9 Å². The lowest BCUT2D eigenvalue weighted by Crippen LogP contribution is -2.40. The Balaban J connectivity index is 1.50. The maximum absolute atomic E-state index is 14.5. The lowest BCUT2D eigenvalue weighted by molar-refractivity contribution is 0.0622. The number of nitrogens with one attached hydrogen (secondary N) is 1. The first kappa shape index (κ1) is 23.2. The van der Waals surface area contributed by atoms with Gasteiger partial charge in [-0.2, -0.15) is 0 Å². The van der Waals surface area contributed by atoms with Crippen molar-refractivity contribution in [2.45, 2.75) is 31.7 Å². The Morgan fingerprint density at radius 3 is 3.00 bits per heavy atom. The molecule has 1 amide bonds. The van der Waals surface area contributed by atoms with Crippen LogP contribution < -0.4 is 5.84 Å². The normalized spacial score (nSPS) is 19.7. The Morgan fingerprint density at radius 1 is 1.46 bits per heavy atom. The van der Waals surface area contributed by atoms with Crippen LogP contribution in [0.1, 0.15) is 52.9 Å². The highest BCUT2D eigenvalue weighted by atomic mass is 31.0. The summed E-state index contributed by atoms with van der Waals surface area (Å²) in [4.78, 5) is 31.5. The highest BCUT2D eigenvalue weighted by Crippen LogP contribution is 2.36. The van der Waals surface area contributed by atoms with Gasteiger partial charge in [-0.1, -0.05) is 21.4 Å². The molecule has 2 aliphatic heterocycles. The predicted octanol–water partition coefficient (Wildman–Crippen LogP) is 3.30. The van der Waals surface area contributed by atoms with Crippen LogP contribution in [0.15, 0.2) is 59.0 Å². The molecule has 12 heteroatoms. The zero-order valence-electron chi connectivity index (χ0n) is 19.3. The van der Waals surface area contributed by atoms with Crippen molar-refractivity contribution in [3.05, 3.63) is 77.4 Å². The van der Waals surface area contributed by atoms with E-state index >= 15 is 0 Å². The molecule has 0 aromatic carbocycles. The molecule has 2 unspecified atom stereocenters. The Kier molecular flexibility index (Phi) is 6.12. The first-order valence-electron chi connectivity index (χ1n) is 11.1. The van der Waals surface area contributed by atoms with E-state index in [2.05, 4.69) is 19.9 Å². The number of H-pyrrole nitrogens is 1. The van der Waals surface area contributed by atoms with Gasteiger partial charge in [-0.05, 0) is 25.0 Å². The van der Waals surface area contributed by atoms with E-state index in [9.17, 15) is 9.18 Å². The molecule has 0 saturated heterocycles. The van der Waals surface area contributed by atoms with Gasteiger partial charge in [-0.15, -0.1) is 0 Å². The SMILES string of the molecule is CC1=CC=CN(N)/C1=C\C[C@H]1c2nc[nH]c2CCN1C(=O)c1oc(-c2cn(C)cn2)nc1C(F)P. The Labute approximate surface area is 203 Å². The molecule has 0 radical (unpaired) electrons. The number of rotatable bonds is 5. The second-order valence-electron chi connectivity index (χ2n) is 8.51. The van der Waals surface area contributed by atoms with Crippen LogP contribution in [0, 0.1) is 0 Å². The lowest BCUT2D eigenvalue weighted by Gasteiger charge is -2.34. The average Bonchev–Trinajstić information content (AvgIpc) is 3.57. The first-order valence-corrected chi connectivity index (χ1v) is 11.8. The maximum Gasteiger partial charge on any atom is 0.292 e. The number of amides is 1. The number of nitrogens with two attached hydrogens (primary N) is 1. The lowest BCUT2D eigenvalue weighted by atomic mass is 9.97. The highest BCUT2D eigenvalue weighted by molar-refractivity contribution is 7.16. The molecule has 2 aliphatic rings. The second-order valence-corrected chi connectivity index (χ2v) is 9.10. The fourth-order valence-corrected chi connectivity index (χ4v) is 4.64. The number of hydrazine groups is 1. The zero-order valence-corrected chi connectivity index (χ0v) is 20.5. The molecule has 0 saturated carbocycles. The average molecular weight is 496 g/mol. The van der Waals surface area contributed by atoms with Crippen LogP contribution >= 0.6 is 9.24 Å². The molecule has 3 atom stereocenters. The zero-order chi connectivity index (χ0) is 24.7. The van der Waals surface area contributed by atoms with Gasteiger partial charge in [0.25, 0.3) is 5.91 Å². The number of allylic oxidation sites excluding steroid dienone is 3. The molecule has 0 fully saturated rings. The Bertz CT molecular complexity index is 1350. The molecule has 3 aromatic rings. The van der Waals surface area contributed by atoms with Gasteiger partial charge in [0.05, 0.1) is 30.1 Å². The third-order valence-electron chi connectivity index (χ3n) is 6.15. The fraction of sp³-hybridized carbons (Fsp3) is 0.304. The molecule has 3 aromatic heterocycles. The summed E-state index contributed by atoms with van der Waals surface area (Å²) >= 11 is 0. The number of oxazole rings is 1. The Hall–Kier alpha value is -3.56. The minimum atomic E-state index is -1.57. The summed E-state index contributed by atoms with van der Waals surface area (Å²) in [6.07, 6.45) is 13.5. The van der Waals surface area contributed by atoms with Crippen molar-refractivity contribution in [2.75, 3.05) is 6.54 Å². The number of imidazole rings is 2. The standard InChI is InChI=1S/C23H26FN8O2P/c1-13-4-3-8-32(25)16(13)5-6-17-18-14(26-11-27-18)7-9-31(17)23(33)20-19(21(24)35)29-22(34-20)15-10-30(2)12-28-15/h3-5,8,10-12,17,21H,6-7,9,25,35H2,1-2H3,(H,26,27)/b16-5-/t17-,21?/m0/s1. The van der Waals surface area contributed by atoms with Crippen LogP contribution in [0.5, 0.6) is 0 Å². The largest absolute Gasteiger partial charge is 0.429 e. The highest BCUT2D eigenvalue weighted by Gasteiger charge is 2.37. The summed E-state index contributed by atoms with van der Waals surface area (Å²) in [6.45, 7) is 2.38. The smallest absolute Gasteiger partial charge is 0.292 e. The van der Waals surface area contributed by atoms with E-state index < -0.39 is 17.9 Å². The Morgan fingerprint density at radius 2 is 2.29 bits per heavy atom. The number of carbonyl (C=O) groups is 1. The number of alkyl halides is 1. The molecule has 3 N–H and O–H groups in total. The first-order chi connectivity index (χ1) is 16.8. The number of hydrogen-bond donors (Lipinski definition) is 2. The number of hydrogen-bond acceptors (Lipinski definition) is 7. The van der Waals surface area contributed by atoms with Crippen LogP contribution in [-0.4, -0.2) is 46.9 Å². The summed E-state index contributed by atoms with van der Waals surface area (Å²) < 4.78 is 22.0. The van der Waals surface area contributed by atoms with Crippen molar-refractivity contribution in [1.29, 1.82) is 0 Å². The summed E-state index contributed by atoms with van der Waals surface area (Å²) in [6, 6.07) is -0.393. The van der Waals surface area contributed by atoms with Gasteiger partial charge >= 0.3 is 0 Å². The fourth-order valence-electron chi connectivity index (χ4n) is 4.41. The van der Waals surface area contributed by atoms with Gasteiger partial charge in [0, 0.05) is 38.1 Å². The monoisotopic (exact) mass is 496 g/mol. The quantitative estimate of drug-likeness (QED) is 0.411. The molecule has 182 valence electrons. The molecule has 0 aliphatic carbocycles. The number of halogens is 1. The van der Waals surface area contributed by atoms with E-state index in [-0.39, 0.29) is 17.3 Å². The van der Waals surface area contributed by atoms with E-state index in [0.717, 1.165) is 22.7 Å². The van der Waals surface area contributed by atoms with E-state index in [0.29, 0.717) is 25.1 Å². The third-order valence-corrected chi connectivity index (χ3v) is 6.47. The van der Waals surface area contributed by atoms with Crippen LogP contribution in [0.3, 0.4) is 0 Å². The molecule has 0 bridgehead atoms. The predicted molar refractivity (Wildman–Crippen MR) is 130 cm³/mol. The molecular weight excluding hydrogens is 470 g/mol. The van der Waals surface area contributed by atoms with E-state index in [1.165, 1.54) is 0 Å². The topological polar surface area (TPSA) is 122 Å². The molecule has 10 nitrogen and oxygen atoms in total. The van der Waals surface area contributed by atoms with Gasteiger partial charge in [0.2, 0.25) is 11.7 Å². The van der Waals surface area contributed by atoms with Crippen molar-refractivity contribution in [3.63, 3.8) is 0 Å². The van der Waals surface area contributed by atoms with Crippen LogP contribution in [0.2, 0.25) is 0 Å². The summed E-state index contributed by atoms with van der Waals surface area (Å²) in [5.41, 5.74) is 3.94. The third kappa shape index (κ3) is 4.33. The van der Waals surface area contributed by atoms with Gasteiger partial charge < -0.3 is 18.9 Å². The van der Waals surface area contributed by atoms with E-state index in [1.54, 1.807) is 46.6 Å². The number of aryl methyl sites for hydroxylation is 1. The summed E-state index contributed by atoms with van der Waals surface area (Å²) in [7, 11) is 3.83. The number of fused-ring (bicyclic) bond motifs is 1. The van der Waals surface area contributed by atoms with Gasteiger partial charge in [-0.25, -0.2) is 25.2 Å². The minimum absolute atomic E-state index is 0.0742. The summed E-state index contributed by atoms with van der Waals surface area (Å²) in [5, 5.41) is 1.55. The number of aromatic amines is 1. The van der Waals surface area contributed by atoms with Crippen LogP contribution in [-0.2, 0) is 13.5 Å². The minimum Gasteiger partial charge on any atom is -0.429 e. The van der Waals surface area contributed by atoms with Gasteiger partial charge in [-0.3, -0.25) is 9.80 Å². The molecule has 35 heavy (non-hydrogen) atoms. The molecular formula is C23H26FN8O2P. The van der Waals surface area contributed by atoms with Gasteiger partial charge in [0.15, 0.2) is 5.91 Å². The van der Waals surface area contributed by atoms with Crippen molar-refractivity contribution < 1.29 is 13.6 Å². The van der Waals surface area contributed by atoms with Crippen molar-refractivity contribution in [1.82, 2.24) is 34.4 Å². The van der Waals surface area contributed by atoms with Crippen LogP contribution in [0.4, 0.5) is 4.39 Å². The number of aromatic nitrogens is 5. The number of nitrogens with zero attached hydrogens (tertiary/aromatic N) is 6. The van der Waals surface area contributed by atoms with E-state index in [4.69, 9.17) is 10.3 Å². The number of carbonyl (C=O) groups excluding carboxylic acids is 1. The van der Waals surface area contributed by atoms with Crippen molar-refractivity contribution in [3.8, 4) is 11.6 Å². The molecule has 5 rings (SSSR count).